The summed E-state index contributed by atoms with van der Waals surface area (Å²) in [6.07, 6.45) is 3.20. The lowest BCUT2D eigenvalue weighted by molar-refractivity contribution is -0.116. The fourth-order valence-electron chi connectivity index (χ4n) is 0.674. The standard InChI is InChI=1S/C9H15NO/c1-4-9(11)10-7-5-6-8(2)3/h4H,1-2,5-7H2,3H3,(H,10,11). The molecule has 0 aliphatic carbocycles. The first kappa shape index (κ1) is 9.95. The molecule has 0 saturated heterocycles. The molecule has 0 aromatic heterocycles. The molecule has 0 atom stereocenters. The molecule has 0 aromatic carbocycles. The van der Waals surface area contributed by atoms with Crippen molar-refractivity contribution >= 4 is 5.91 Å². The Morgan fingerprint density at radius 1 is 1.64 bits per heavy atom. The van der Waals surface area contributed by atoms with Gasteiger partial charge in [0.15, 0.2) is 0 Å². The molecule has 0 saturated carbocycles. The molecule has 0 aliphatic rings. The van der Waals surface area contributed by atoms with Crippen molar-refractivity contribution in [3.8, 4) is 0 Å². The summed E-state index contributed by atoms with van der Waals surface area (Å²) in [5, 5.41) is 2.69. The van der Waals surface area contributed by atoms with E-state index in [0.717, 1.165) is 18.4 Å². The van der Waals surface area contributed by atoms with E-state index in [-0.39, 0.29) is 5.91 Å². The number of allylic oxidation sites excluding steroid dienone is 1. The maximum Gasteiger partial charge on any atom is 0.243 e. The van der Waals surface area contributed by atoms with E-state index in [1.807, 2.05) is 6.92 Å². The van der Waals surface area contributed by atoms with Crippen LogP contribution in [0.1, 0.15) is 19.8 Å². The molecule has 11 heavy (non-hydrogen) atoms. The number of carbonyl (C=O) groups is 1. The normalized spacial score (nSPS) is 8.82. The van der Waals surface area contributed by atoms with Crippen LogP contribution >= 0.6 is 0 Å². The molecule has 0 aromatic rings. The largest absolute Gasteiger partial charge is 0.353 e. The summed E-state index contributed by atoms with van der Waals surface area (Å²) in [6.45, 7) is 9.79. The van der Waals surface area contributed by atoms with Crippen molar-refractivity contribution in [2.24, 2.45) is 0 Å². The highest BCUT2D eigenvalue weighted by molar-refractivity contribution is 5.86. The second kappa shape index (κ2) is 5.71. The zero-order valence-corrected chi connectivity index (χ0v) is 7.02. The number of nitrogens with one attached hydrogen (secondary N) is 1. The second-order valence-electron chi connectivity index (χ2n) is 2.56. The topological polar surface area (TPSA) is 29.1 Å². The Bertz CT molecular complexity index is 161. The Labute approximate surface area is 68.0 Å². The third-order valence-corrected chi connectivity index (χ3v) is 1.26. The lowest BCUT2D eigenvalue weighted by atomic mass is 10.2. The van der Waals surface area contributed by atoms with Crippen LogP contribution in [0.2, 0.25) is 0 Å². The van der Waals surface area contributed by atoms with Crippen LogP contribution in [0.5, 0.6) is 0 Å². The van der Waals surface area contributed by atoms with Gasteiger partial charge in [0.05, 0.1) is 0 Å². The minimum Gasteiger partial charge on any atom is -0.353 e. The van der Waals surface area contributed by atoms with Gasteiger partial charge in [0.1, 0.15) is 0 Å². The number of hydrogen-bond donors (Lipinski definition) is 1. The van der Waals surface area contributed by atoms with Gasteiger partial charge in [0.2, 0.25) is 5.91 Å². The molecule has 0 aliphatic heterocycles. The zero-order valence-electron chi connectivity index (χ0n) is 7.02. The van der Waals surface area contributed by atoms with Crippen molar-refractivity contribution in [3.05, 3.63) is 24.8 Å². The van der Waals surface area contributed by atoms with Crippen LogP contribution in [0.15, 0.2) is 24.8 Å². The van der Waals surface area contributed by atoms with E-state index in [9.17, 15) is 4.79 Å². The first-order valence-corrected chi connectivity index (χ1v) is 3.71. The smallest absolute Gasteiger partial charge is 0.243 e. The molecule has 0 rings (SSSR count). The highest BCUT2D eigenvalue weighted by Crippen LogP contribution is 1.97. The van der Waals surface area contributed by atoms with Gasteiger partial charge in [-0.3, -0.25) is 4.79 Å². The van der Waals surface area contributed by atoms with Gasteiger partial charge in [-0.25, -0.2) is 0 Å². The summed E-state index contributed by atoms with van der Waals surface area (Å²) in [6, 6.07) is 0. The summed E-state index contributed by atoms with van der Waals surface area (Å²) in [5.74, 6) is -0.105. The second-order valence-corrected chi connectivity index (χ2v) is 2.56. The maximum atomic E-state index is 10.6. The third-order valence-electron chi connectivity index (χ3n) is 1.26. The molecule has 0 radical (unpaired) electrons. The van der Waals surface area contributed by atoms with Crippen molar-refractivity contribution in [2.75, 3.05) is 6.54 Å². The van der Waals surface area contributed by atoms with Crippen LogP contribution in [0.25, 0.3) is 0 Å². The molecular weight excluding hydrogens is 138 g/mol. The van der Waals surface area contributed by atoms with Crippen molar-refractivity contribution < 1.29 is 4.79 Å². The maximum absolute atomic E-state index is 10.6. The zero-order chi connectivity index (χ0) is 8.69. The van der Waals surface area contributed by atoms with E-state index < -0.39 is 0 Å². The van der Waals surface area contributed by atoms with Crippen molar-refractivity contribution in [3.63, 3.8) is 0 Å². The van der Waals surface area contributed by atoms with Crippen molar-refractivity contribution in [1.82, 2.24) is 5.32 Å². The van der Waals surface area contributed by atoms with Gasteiger partial charge in [-0.05, 0) is 25.8 Å². The SMILES string of the molecule is C=CC(=O)NCCCC(=C)C. The van der Waals surface area contributed by atoms with Crippen LogP contribution in [-0.2, 0) is 4.79 Å². The average Bonchev–Trinajstić information content (AvgIpc) is 1.97. The quantitative estimate of drug-likeness (QED) is 0.363. The predicted molar refractivity (Wildman–Crippen MR) is 47.3 cm³/mol. The summed E-state index contributed by atoms with van der Waals surface area (Å²) < 4.78 is 0. The first-order valence-electron chi connectivity index (χ1n) is 3.71. The van der Waals surface area contributed by atoms with Crippen molar-refractivity contribution in [1.29, 1.82) is 0 Å². The monoisotopic (exact) mass is 153 g/mol. The van der Waals surface area contributed by atoms with Gasteiger partial charge in [0.25, 0.3) is 0 Å². The first-order chi connectivity index (χ1) is 5.16. The van der Waals surface area contributed by atoms with Crippen LogP contribution < -0.4 is 5.32 Å². The summed E-state index contributed by atoms with van der Waals surface area (Å²) in [4.78, 5) is 10.6. The predicted octanol–water partition coefficient (Wildman–Crippen LogP) is 1.64. The number of carbonyl (C=O) groups excluding carboxylic acids is 1. The molecule has 0 spiro atoms. The molecule has 62 valence electrons. The van der Waals surface area contributed by atoms with E-state index in [1.165, 1.54) is 6.08 Å². The lowest BCUT2D eigenvalue weighted by Crippen LogP contribution is -2.21. The molecule has 2 nitrogen and oxygen atoms in total. The van der Waals surface area contributed by atoms with E-state index in [2.05, 4.69) is 18.5 Å². The fraction of sp³-hybridized carbons (Fsp3) is 0.444. The Kier molecular flexibility index (Phi) is 5.17. The van der Waals surface area contributed by atoms with Gasteiger partial charge in [-0.15, -0.1) is 6.58 Å². The highest BCUT2D eigenvalue weighted by atomic mass is 16.1. The molecule has 0 unspecified atom stereocenters. The van der Waals surface area contributed by atoms with E-state index in [1.54, 1.807) is 0 Å². The minimum absolute atomic E-state index is 0.105. The van der Waals surface area contributed by atoms with E-state index in [0.29, 0.717) is 6.54 Å². The van der Waals surface area contributed by atoms with Gasteiger partial charge < -0.3 is 5.32 Å². The lowest BCUT2D eigenvalue weighted by Gasteiger charge is -2.00. The highest BCUT2D eigenvalue weighted by Gasteiger charge is 1.91. The van der Waals surface area contributed by atoms with E-state index >= 15 is 0 Å². The van der Waals surface area contributed by atoms with Gasteiger partial charge in [0, 0.05) is 6.54 Å². The summed E-state index contributed by atoms with van der Waals surface area (Å²) >= 11 is 0. The van der Waals surface area contributed by atoms with Crippen LogP contribution in [0.4, 0.5) is 0 Å². The van der Waals surface area contributed by atoms with Crippen LogP contribution in [-0.4, -0.2) is 12.5 Å². The number of amides is 1. The summed E-state index contributed by atoms with van der Waals surface area (Å²) in [7, 11) is 0. The molecular formula is C9H15NO. The number of rotatable bonds is 5. The third kappa shape index (κ3) is 6.84. The molecule has 2 heteroatoms. The van der Waals surface area contributed by atoms with Gasteiger partial charge in [-0.2, -0.15) is 0 Å². The van der Waals surface area contributed by atoms with Gasteiger partial charge >= 0.3 is 0 Å². The fourth-order valence-corrected chi connectivity index (χ4v) is 0.674. The Hall–Kier alpha value is -1.05. The molecule has 1 amide bonds. The molecule has 0 heterocycles. The molecule has 1 N–H and O–H groups in total. The van der Waals surface area contributed by atoms with E-state index in [4.69, 9.17) is 0 Å². The Balaban J connectivity index is 3.21. The number of hydrogen-bond acceptors (Lipinski definition) is 1. The molecule has 0 bridgehead atoms. The van der Waals surface area contributed by atoms with Gasteiger partial charge in [-0.1, -0.05) is 12.2 Å². The Morgan fingerprint density at radius 2 is 2.27 bits per heavy atom. The average molecular weight is 153 g/mol. The molecule has 0 fully saturated rings. The van der Waals surface area contributed by atoms with Crippen LogP contribution in [0, 0.1) is 0 Å². The minimum atomic E-state index is -0.105. The van der Waals surface area contributed by atoms with Crippen LogP contribution in [0.3, 0.4) is 0 Å². The summed E-state index contributed by atoms with van der Waals surface area (Å²) in [5.41, 5.74) is 1.15. The Morgan fingerprint density at radius 3 is 2.73 bits per heavy atom. The van der Waals surface area contributed by atoms with Crippen molar-refractivity contribution in [2.45, 2.75) is 19.8 Å².